The highest BCUT2D eigenvalue weighted by Gasteiger charge is 2.26. The van der Waals surface area contributed by atoms with Crippen LogP contribution in [0.3, 0.4) is 0 Å². The molecule has 0 unspecified atom stereocenters. The number of carbonyl (C=O) groups is 2. The maximum atomic E-state index is 13.3. The first-order valence-electron chi connectivity index (χ1n) is 10.1. The van der Waals surface area contributed by atoms with Crippen LogP contribution in [-0.4, -0.2) is 48.8 Å². The Morgan fingerprint density at radius 2 is 2.03 bits per heavy atom. The Hall–Kier alpha value is -2.91. The van der Waals surface area contributed by atoms with Gasteiger partial charge in [-0.15, -0.1) is 0 Å². The number of aliphatic hydroxyl groups excluding tert-OH is 1. The van der Waals surface area contributed by atoms with Gasteiger partial charge in [-0.1, -0.05) is 11.6 Å². The Morgan fingerprint density at radius 3 is 2.81 bits per heavy atom. The van der Waals surface area contributed by atoms with E-state index < -0.39 is 23.9 Å². The van der Waals surface area contributed by atoms with Gasteiger partial charge in [0.05, 0.1) is 11.1 Å². The Labute approximate surface area is 188 Å². The lowest BCUT2D eigenvalue weighted by Gasteiger charge is -2.25. The average Bonchev–Trinajstić information content (AvgIpc) is 2.78. The van der Waals surface area contributed by atoms with E-state index in [2.05, 4.69) is 10.6 Å². The van der Waals surface area contributed by atoms with Gasteiger partial charge < -0.3 is 25.2 Å². The molecule has 2 aromatic rings. The third-order valence-corrected chi connectivity index (χ3v) is 5.14. The summed E-state index contributed by atoms with van der Waals surface area (Å²) >= 11 is 5.58. The van der Waals surface area contributed by atoms with Crippen LogP contribution in [0.2, 0.25) is 5.02 Å². The molecule has 1 heterocycles. The first-order chi connectivity index (χ1) is 15.3. The van der Waals surface area contributed by atoms with Crippen molar-refractivity contribution in [1.82, 2.24) is 10.6 Å². The Balaban J connectivity index is 1.31. The van der Waals surface area contributed by atoms with Gasteiger partial charge in [0.2, 0.25) is 0 Å². The predicted molar refractivity (Wildman–Crippen MR) is 113 cm³/mol. The molecule has 2 atom stereocenters. The zero-order valence-corrected chi connectivity index (χ0v) is 17.8. The van der Waals surface area contributed by atoms with E-state index in [1.807, 2.05) is 0 Å². The molecule has 0 bridgehead atoms. The number of benzene rings is 2. The average molecular weight is 469 g/mol. The van der Waals surface area contributed by atoms with E-state index in [9.17, 15) is 23.5 Å². The summed E-state index contributed by atoms with van der Waals surface area (Å²) in [4.78, 5) is 24.1. The maximum absolute atomic E-state index is 13.3. The van der Waals surface area contributed by atoms with Gasteiger partial charge in [0.1, 0.15) is 23.1 Å². The van der Waals surface area contributed by atoms with E-state index >= 15 is 0 Å². The minimum Gasteiger partial charge on any atom is -0.484 e. The molecular weight excluding hydrogens is 446 g/mol. The lowest BCUT2D eigenvalue weighted by molar-refractivity contribution is -0.129. The highest BCUT2D eigenvalue weighted by Crippen LogP contribution is 2.28. The van der Waals surface area contributed by atoms with Crippen molar-refractivity contribution in [3.05, 3.63) is 58.6 Å². The van der Waals surface area contributed by atoms with Gasteiger partial charge in [0.25, 0.3) is 11.8 Å². The quantitative estimate of drug-likeness (QED) is 0.525. The summed E-state index contributed by atoms with van der Waals surface area (Å²) in [6.07, 6.45) is -0.393. The van der Waals surface area contributed by atoms with Crippen LogP contribution in [-0.2, 0) is 16.0 Å². The summed E-state index contributed by atoms with van der Waals surface area (Å²) in [5.74, 6) is -1.17. The molecule has 32 heavy (non-hydrogen) atoms. The molecule has 2 aromatic carbocycles. The van der Waals surface area contributed by atoms with E-state index in [1.165, 1.54) is 30.3 Å². The SMILES string of the molecule is O=C(COc1ccc(Cl)c(F)c1)NC[C@@H](O)CCNC(=O)[C@H]1CCc2cc(F)ccc2O1. The van der Waals surface area contributed by atoms with Crippen molar-refractivity contribution in [1.29, 1.82) is 0 Å². The molecule has 1 aliphatic heterocycles. The van der Waals surface area contributed by atoms with Crippen LogP contribution < -0.4 is 20.1 Å². The minimum atomic E-state index is -0.886. The largest absolute Gasteiger partial charge is 0.484 e. The highest BCUT2D eigenvalue weighted by atomic mass is 35.5. The maximum Gasteiger partial charge on any atom is 0.261 e. The smallest absolute Gasteiger partial charge is 0.261 e. The van der Waals surface area contributed by atoms with Crippen molar-refractivity contribution in [2.75, 3.05) is 19.7 Å². The fraction of sp³-hybridized carbons (Fsp3) is 0.364. The monoisotopic (exact) mass is 468 g/mol. The Morgan fingerprint density at radius 1 is 1.22 bits per heavy atom. The van der Waals surface area contributed by atoms with Crippen molar-refractivity contribution in [3.8, 4) is 11.5 Å². The number of aliphatic hydroxyl groups is 1. The second-order valence-corrected chi connectivity index (χ2v) is 7.71. The van der Waals surface area contributed by atoms with E-state index in [0.29, 0.717) is 18.6 Å². The van der Waals surface area contributed by atoms with Gasteiger partial charge in [-0.3, -0.25) is 9.59 Å². The van der Waals surface area contributed by atoms with Crippen molar-refractivity contribution in [3.63, 3.8) is 0 Å². The van der Waals surface area contributed by atoms with E-state index in [0.717, 1.165) is 11.6 Å². The lowest BCUT2D eigenvalue weighted by Crippen LogP contribution is -2.42. The van der Waals surface area contributed by atoms with Crippen LogP contribution in [0.25, 0.3) is 0 Å². The van der Waals surface area contributed by atoms with Crippen LogP contribution in [0.1, 0.15) is 18.4 Å². The van der Waals surface area contributed by atoms with Crippen LogP contribution in [0.4, 0.5) is 8.78 Å². The van der Waals surface area contributed by atoms with Gasteiger partial charge >= 0.3 is 0 Å². The van der Waals surface area contributed by atoms with E-state index in [4.69, 9.17) is 21.1 Å². The standard InChI is InChI=1S/C22H23ClF2N2O5/c23-17-4-3-16(10-18(17)25)31-12-21(29)27-11-15(28)7-8-26-22(30)20-5-1-13-9-14(24)2-6-19(13)32-20/h2-4,6,9-10,15,20,28H,1,5,7-8,11-12H2,(H,26,30)(H,27,29)/t15-,20+/m0/s1. The molecule has 0 saturated carbocycles. The zero-order chi connectivity index (χ0) is 23.1. The molecule has 0 spiro atoms. The molecule has 3 N–H and O–H groups in total. The Bertz CT molecular complexity index is 975. The number of hydrogen-bond donors (Lipinski definition) is 3. The minimum absolute atomic E-state index is 0.0358. The van der Waals surface area contributed by atoms with Gasteiger partial charge in [0, 0.05) is 19.2 Å². The second kappa shape index (κ2) is 11.1. The molecule has 172 valence electrons. The summed E-state index contributed by atoms with van der Waals surface area (Å²) in [7, 11) is 0. The van der Waals surface area contributed by atoms with Gasteiger partial charge in [-0.2, -0.15) is 0 Å². The highest BCUT2D eigenvalue weighted by molar-refractivity contribution is 6.30. The summed E-state index contributed by atoms with van der Waals surface area (Å²) in [5.41, 5.74) is 0.727. The molecule has 2 amide bonds. The topological polar surface area (TPSA) is 96.9 Å². The number of carbonyl (C=O) groups excluding carboxylic acids is 2. The zero-order valence-electron chi connectivity index (χ0n) is 17.1. The number of rotatable bonds is 9. The number of fused-ring (bicyclic) bond motifs is 1. The number of halogens is 3. The predicted octanol–water partition coefficient (Wildman–Crippen LogP) is 2.37. The molecule has 0 fully saturated rings. The number of aryl methyl sites for hydroxylation is 1. The normalized spacial score (nSPS) is 15.8. The Kier molecular flexibility index (Phi) is 8.24. The fourth-order valence-electron chi connectivity index (χ4n) is 3.12. The van der Waals surface area contributed by atoms with Gasteiger partial charge in [-0.25, -0.2) is 8.78 Å². The van der Waals surface area contributed by atoms with Gasteiger partial charge in [-0.05, 0) is 55.2 Å². The molecule has 1 aliphatic rings. The van der Waals surface area contributed by atoms with Crippen LogP contribution >= 0.6 is 11.6 Å². The molecule has 3 rings (SSSR count). The summed E-state index contributed by atoms with van der Waals surface area (Å²) in [6.45, 7) is -0.201. The van der Waals surface area contributed by atoms with Crippen molar-refractivity contribution < 1.29 is 33.0 Å². The molecule has 0 saturated heterocycles. The number of nitrogens with one attached hydrogen (secondary N) is 2. The van der Waals surface area contributed by atoms with Crippen LogP contribution in [0.15, 0.2) is 36.4 Å². The molecule has 7 nitrogen and oxygen atoms in total. The molecule has 0 aromatic heterocycles. The lowest BCUT2D eigenvalue weighted by atomic mass is 10.0. The molecule has 10 heteroatoms. The van der Waals surface area contributed by atoms with E-state index in [-0.39, 0.29) is 48.6 Å². The van der Waals surface area contributed by atoms with Gasteiger partial charge in [0.15, 0.2) is 12.7 Å². The summed E-state index contributed by atoms with van der Waals surface area (Å²) in [6, 6.07) is 8.00. The first-order valence-corrected chi connectivity index (χ1v) is 10.4. The third-order valence-electron chi connectivity index (χ3n) is 4.83. The second-order valence-electron chi connectivity index (χ2n) is 7.30. The van der Waals surface area contributed by atoms with E-state index in [1.54, 1.807) is 0 Å². The van der Waals surface area contributed by atoms with Crippen LogP contribution in [0.5, 0.6) is 11.5 Å². The van der Waals surface area contributed by atoms with Crippen LogP contribution in [0, 0.1) is 11.6 Å². The molecule has 0 aliphatic carbocycles. The first kappa shape index (κ1) is 23.7. The van der Waals surface area contributed by atoms with Crippen molar-refractivity contribution >= 4 is 23.4 Å². The van der Waals surface area contributed by atoms with Crippen molar-refractivity contribution in [2.45, 2.75) is 31.5 Å². The number of amides is 2. The molecule has 0 radical (unpaired) electrons. The fourth-order valence-corrected chi connectivity index (χ4v) is 3.24. The summed E-state index contributed by atoms with van der Waals surface area (Å²) in [5, 5.41) is 15.1. The van der Waals surface area contributed by atoms with Crippen molar-refractivity contribution in [2.24, 2.45) is 0 Å². The molecular formula is C22H23ClF2N2O5. The third kappa shape index (κ3) is 6.80. The number of hydrogen-bond acceptors (Lipinski definition) is 5. The summed E-state index contributed by atoms with van der Waals surface area (Å²) < 4.78 is 37.4. The number of ether oxygens (including phenoxy) is 2.